The third-order valence-corrected chi connectivity index (χ3v) is 2.91. The second-order valence-corrected chi connectivity index (χ2v) is 4.48. The summed E-state index contributed by atoms with van der Waals surface area (Å²) in [7, 11) is 0. The summed E-state index contributed by atoms with van der Waals surface area (Å²) in [5, 5.41) is 13.7. The highest BCUT2D eigenvalue weighted by atomic mass is 32.1. The first-order valence-corrected chi connectivity index (χ1v) is 5.90. The molecule has 0 saturated heterocycles. The van der Waals surface area contributed by atoms with Crippen LogP contribution in [0.3, 0.4) is 0 Å². The summed E-state index contributed by atoms with van der Waals surface area (Å²) in [5.74, 6) is -0.204. The lowest BCUT2D eigenvalue weighted by atomic mass is 10.2. The van der Waals surface area contributed by atoms with E-state index in [1.54, 1.807) is 24.3 Å². The van der Waals surface area contributed by atoms with E-state index in [1.165, 1.54) is 6.08 Å². The molecule has 1 aromatic heterocycles. The lowest BCUT2D eigenvalue weighted by Gasteiger charge is -2.14. The number of amides is 1. The van der Waals surface area contributed by atoms with E-state index in [0.29, 0.717) is 0 Å². The predicted octanol–water partition coefficient (Wildman–Crippen LogP) is 0.586. The van der Waals surface area contributed by atoms with Crippen LogP contribution in [0, 0.1) is 0 Å². The molecule has 1 heterocycles. The van der Waals surface area contributed by atoms with Gasteiger partial charge in [0.1, 0.15) is 0 Å². The van der Waals surface area contributed by atoms with Gasteiger partial charge in [-0.05, 0) is 24.4 Å². The lowest BCUT2D eigenvalue weighted by molar-refractivity contribution is -0.116. The minimum atomic E-state index is -0.624. The fourth-order valence-corrected chi connectivity index (χ4v) is 1.61. The summed E-state index contributed by atoms with van der Waals surface area (Å²) >= 11 is 1.56. The number of carbonyl (C=O) groups is 1. The van der Waals surface area contributed by atoms with Gasteiger partial charge in [0.2, 0.25) is 5.91 Å². The number of nitrogens with one attached hydrogen (secondary N) is 1. The molecular formula is C11H16N2O2S. The minimum Gasteiger partial charge on any atom is -0.392 e. The summed E-state index contributed by atoms with van der Waals surface area (Å²) in [6.07, 6.45) is 2.58. The van der Waals surface area contributed by atoms with E-state index in [2.05, 4.69) is 5.32 Å². The third-order valence-electron chi connectivity index (χ3n) is 2.07. The summed E-state index contributed by atoms with van der Waals surface area (Å²) < 4.78 is 0. The molecule has 0 aromatic carbocycles. The number of nitrogens with two attached hydrogens (primary N) is 1. The van der Waals surface area contributed by atoms with E-state index in [9.17, 15) is 4.79 Å². The molecule has 1 aromatic rings. The zero-order chi connectivity index (χ0) is 12.0. The largest absolute Gasteiger partial charge is 0.392 e. The number of hydrogen-bond donors (Lipinski definition) is 3. The first kappa shape index (κ1) is 12.9. The summed E-state index contributed by atoms with van der Waals surface area (Å²) in [4.78, 5) is 12.4. The van der Waals surface area contributed by atoms with Crippen LogP contribution in [0.5, 0.6) is 0 Å². The second-order valence-electron chi connectivity index (χ2n) is 3.50. The maximum Gasteiger partial charge on any atom is 0.244 e. The van der Waals surface area contributed by atoms with Crippen LogP contribution in [0.15, 0.2) is 23.6 Å². The standard InChI is InChI=1S/C11H16N2O2S/c1-8(14)10(12)7-13-11(15)5-4-9-3-2-6-16-9/h2-6,8,10,14H,7,12H2,1H3,(H,13,15). The quantitative estimate of drug-likeness (QED) is 0.659. The van der Waals surface area contributed by atoms with Gasteiger partial charge in [0.05, 0.1) is 6.10 Å². The van der Waals surface area contributed by atoms with Crippen LogP contribution < -0.4 is 11.1 Å². The van der Waals surface area contributed by atoms with Gasteiger partial charge in [0.15, 0.2) is 0 Å². The molecule has 16 heavy (non-hydrogen) atoms. The van der Waals surface area contributed by atoms with Crippen molar-refractivity contribution in [2.45, 2.75) is 19.1 Å². The Morgan fingerprint density at radius 2 is 2.50 bits per heavy atom. The highest BCUT2D eigenvalue weighted by Crippen LogP contribution is 2.09. The monoisotopic (exact) mass is 240 g/mol. The van der Waals surface area contributed by atoms with Gasteiger partial charge in [-0.3, -0.25) is 4.79 Å². The molecule has 0 fully saturated rings. The Morgan fingerprint density at radius 1 is 1.75 bits per heavy atom. The molecule has 0 aliphatic rings. The van der Waals surface area contributed by atoms with Crippen molar-refractivity contribution in [2.24, 2.45) is 5.73 Å². The smallest absolute Gasteiger partial charge is 0.244 e. The molecule has 2 atom stereocenters. The van der Waals surface area contributed by atoms with Gasteiger partial charge < -0.3 is 16.2 Å². The Morgan fingerprint density at radius 3 is 3.06 bits per heavy atom. The Balaban J connectivity index is 2.31. The first-order chi connectivity index (χ1) is 7.59. The number of aliphatic hydroxyl groups is 1. The van der Waals surface area contributed by atoms with Crippen molar-refractivity contribution >= 4 is 23.3 Å². The van der Waals surface area contributed by atoms with Gasteiger partial charge in [-0.1, -0.05) is 6.07 Å². The van der Waals surface area contributed by atoms with E-state index >= 15 is 0 Å². The van der Waals surface area contributed by atoms with E-state index in [4.69, 9.17) is 10.8 Å². The van der Waals surface area contributed by atoms with E-state index in [-0.39, 0.29) is 12.5 Å². The predicted molar refractivity (Wildman–Crippen MR) is 66.0 cm³/mol. The molecule has 1 rings (SSSR count). The van der Waals surface area contributed by atoms with Crippen molar-refractivity contribution in [3.8, 4) is 0 Å². The Labute approximate surface area is 98.8 Å². The highest BCUT2D eigenvalue weighted by Gasteiger charge is 2.09. The number of rotatable bonds is 5. The molecule has 0 aliphatic carbocycles. The van der Waals surface area contributed by atoms with Crippen LogP contribution in [0.4, 0.5) is 0 Å². The average Bonchev–Trinajstić information content (AvgIpc) is 2.75. The molecular weight excluding hydrogens is 224 g/mol. The van der Waals surface area contributed by atoms with Crippen LogP contribution in [0.25, 0.3) is 6.08 Å². The molecule has 0 spiro atoms. The van der Waals surface area contributed by atoms with E-state index < -0.39 is 12.1 Å². The summed E-state index contributed by atoms with van der Waals surface area (Å²) in [5.41, 5.74) is 5.57. The van der Waals surface area contributed by atoms with Crippen molar-refractivity contribution in [1.82, 2.24) is 5.32 Å². The molecule has 4 N–H and O–H groups in total. The molecule has 0 aliphatic heterocycles. The van der Waals surface area contributed by atoms with Gasteiger partial charge in [-0.15, -0.1) is 11.3 Å². The fraction of sp³-hybridized carbons (Fsp3) is 0.364. The molecule has 4 nitrogen and oxygen atoms in total. The fourth-order valence-electron chi connectivity index (χ4n) is 0.992. The van der Waals surface area contributed by atoms with Gasteiger partial charge in [0.25, 0.3) is 0 Å². The number of carbonyl (C=O) groups excluding carboxylic acids is 1. The average molecular weight is 240 g/mol. The van der Waals surface area contributed by atoms with Crippen LogP contribution in [0.1, 0.15) is 11.8 Å². The summed E-state index contributed by atoms with van der Waals surface area (Å²) in [6, 6.07) is 3.42. The van der Waals surface area contributed by atoms with Crippen LogP contribution in [0.2, 0.25) is 0 Å². The molecule has 0 radical (unpaired) electrons. The van der Waals surface area contributed by atoms with Gasteiger partial charge in [-0.25, -0.2) is 0 Å². The molecule has 1 amide bonds. The SMILES string of the molecule is CC(O)C(N)CNC(=O)C=Cc1cccs1. The van der Waals surface area contributed by atoms with Crippen molar-refractivity contribution in [3.63, 3.8) is 0 Å². The van der Waals surface area contributed by atoms with Gasteiger partial charge >= 0.3 is 0 Å². The third kappa shape index (κ3) is 4.57. The molecule has 0 bridgehead atoms. The number of thiophene rings is 1. The van der Waals surface area contributed by atoms with Crippen molar-refractivity contribution in [1.29, 1.82) is 0 Å². The van der Waals surface area contributed by atoms with Gasteiger partial charge in [0, 0.05) is 23.5 Å². The Hall–Kier alpha value is -1.17. The Kier molecular flexibility index (Phi) is 5.18. The number of aliphatic hydroxyl groups excluding tert-OH is 1. The first-order valence-electron chi connectivity index (χ1n) is 5.02. The van der Waals surface area contributed by atoms with Crippen molar-refractivity contribution in [2.75, 3.05) is 6.54 Å². The normalized spacial score (nSPS) is 14.9. The number of hydrogen-bond acceptors (Lipinski definition) is 4. The highest BCUT2D eigenvalue weighted by molar-refractivity contribution is 7.10. The topological polar surface area (TPSA) is 75.3 Å². The molecule has 0 saturated carbocycles. The molecule has 88 valence electrons. The van der Waals surface area contributed by atoms with Crippen LogP contribution in [-0.2, 0) is 4.79 Å². The lowest BCUT2D eigenvalue weighted by Crippen LogP contribution is -2.43. The van der Waals surface area contributed by atoms with E-state index in [0.717, 1.165) is 4.88 Å². The molecule has 2 unspecified atom stereocenters. The second kappa shape index (κ2) is 6.42. The Bertz CT molecular complexity index is 347. The maximum absolute atomic E-state index is 11.3. The van der Waals surface area contributed by atoms with Crippen molar-refractivity contribution in [3.05, 3.63) is 28.5 Å². The van der Waals surface area contributed by atoms with Crippen LogP contribution in [-0.4, -0.2) is 29.7 Å². The van der Waals surface area contributed by atoms with Crippen LogP contribution >= 0.6 is 11.3 Å². The minimum absolute atomic E-state index is 0.204. The van der Waals surface area contributed by atoms with Crippen molar-refractivity contribution < 1.29 is 9.90 Å². The zero-order valence-corrected chi connectivity index (χ0v) is 9.91. The summed E-state index contributed by atoms with van der Waals surface area (Å²) in [6.45, 7) is 1.86. The van der Waals surface area contributed by atoms with E-state index in [1.807, 2.05) is 17.5 Å². The zero-order valence-electron chi connectivity index (χ0n) is 9.09. The van der Waals surface area contributed by atoms with Gasteiger partial charge in [-0.2, -0.15) is 0 Å². The maximum atomic E-state index is 11.3. The molecule has 5 heteroatoms.